The Morgan fingerprint density at radius 2 is 1.49 bits per heavy atom. The summed E-state index contributed by atoms with van der Waals surface area (Å²) < 4.78 is 18.2. The molecule has 0 saturated heterocycles. The first kappa shape index (κ1) is 26.7. The molecule has 0 heterocycles. The Bertz CT molecular complexity index is 949. The maximum Gasteiger partial charge on any atom is 0.125 e. The number of rotatable bonds is 12. The highest BCUT2D eigenvalue weighted by molar-refractivity contribution is 6.00. The lowest BCUT2D eigenvalue weighted by Gasteiger charge is -2.29. The third-order valence-electron chi connectivity index (χ3n) is 6.66. The van der Waals surface area contributed by atoms with Gasteiger partial charge in [-0.25, -0.2) is 0 Å². The summed E-state index contributed by atoms with van der Waals surface area (Å²) in [5.74, 6) is 4.01. The van der Waals surface area contributed by atoms with Crippen LogP contribution in [0.4, 0.5) is 0 Å². The van der Waals surface area contributed by atoms with Crippen LogP contribution in [0.5, 0.6) is 17.2 Å². The molecule has 0 bridgehead atoms. The van der Waals surface area contributed by atoms with Gasteiger partial charge in [-0.3, -0.25) is 0 Å². The van der Waals surface area contributed by atoms with Crippen molar-refractivity contribution in [2.24, 2.45) is 17.0 Å². The van der Waals surface area contributed by atoms with Gasteiger partial charge in [0.05, 0.1) is 18.9 Å². The van der Waals surface area contributed by atoms with Crippen molar-refractivity contribution in [2.45, 2.75) is 59.8 Å². The van der Waals surface area contributed by atoms with Gasteiger partial charge in [0.1, 0.15) is 31.0 Å². The summed E-state index contributed by atoms with van der Waals surface area (Å²) >= 11 is 0. The molecule has 2 aromatic rings. The van der Waals surface area contributed by atoms with Gasteiger partial charge in [-0.15, -0.1) is 0 Å². The minimum Gasteiger partial charge on any atom is -0.493 e. The van der Waals surface area contributed by atoms with E-state index in [-0.39, 0.29) is 0 Å². The molecule has 1 aliphatic rings. The van der Waals surface area contributed by atoms with Crippen molar-refractivity contribution in [2.75, 3.05) is 26.9 Å². The zero-order valence-electron chi connectivity index (χ0n) is 22.0. The van der Waals surface area contributed by atoms with E-state index in [9.17, 15) is 0 Å². The van der Waals surface area contributed by atoms with E-state index >= 15 is 0 Å². The number of oxime groups is 1. The smallest absolute Gasteiger partial charge is 0.125 e. The molecule has 0 atom stereocenters. The van der Waals surface area contributed by atoms with Gasteiger partial charge in [0, 0.05) is 0 Å². The van der Waals surface area contributed by atoms with Gasteiger partial charge in [-0.2, -0.15) is 0 Å². The first-order valence-corrected chi connectivity index (χ1v) is 12.8. The van der Waals surface area contributed by atoms with E-state index in [0.717, 1.165) is 59.3 Å². The molecule has 0 N–H and O–H groups in total. The molecule has 190 valence electrons. The maximum absolute atomic E-state index is 6.29. The standard InChI is InChI=1S/C30H41NO4/c1-6-8-17-33-28-18-22(3)30(23(4)19-28)35-21-25-11-9-24(10-12-25)20-34-27-15-13-26(14-16-27)29(7-2)31-32-5/h6,8,13-16,18-19,24-25H,7,9-12,17,20-21H2,1-5H3/b8-6+,31-29?. The SMILES string of the molecule is C/C=C/COc1cc(C)c(OCC2CCC(COc3ccc(C(CC)=NOC)cc3)CC2)c(C)c1. The molecule has 5 heteroatoms. The van der Waals surface area contributed by atoms with Crippen LogP contribution in [-0.2, 0) is 4.84 Å². The summed E-state index contributed by atoms with van der Waals surface area (Å²) in [7, 11) is 1.58. The lowest BCUT2D eigenvalue weighted by atomic mass is 9.83. The van der Waals surface area contributed by atoms with Gasteiger partial charge < -0.3 is 19.0 Å². The second-order valence-corrected chi connectivity index (χ2v) is 9.37. The quantitative estimate of drug-likeness (QED) is 0.182. The van der Waals surface area contributed by atoms with Gasteiger partial charge >= 0.3 is 0 Å². The predicted molar refractivity (Wildman–Crippen MR) is 143 cm³/mol. The van der Waals surface area contributed by atoms with E-state index < -0.39 is 0 Å². The number of ether oxygens (including phenoxy) is 3. The summed E-state index contributed by atoms with van der Waals surface area (Å²) in [5, 5.41) is 4.09. The minimum atomic E-state index is 0.594. The molecular formula is C30H41NO4. The van der Waals surface area contributed by atoms with Crippen LogP contribution in [0, 0.1) is 25.7 Å². The third-order valence-corrected chi connectivity index (χ3v) is 6.66. The van der Waals surface area contributed by atoms with E-state index in [1.165, 1.54) is 25.7 Å². The number of allylic oxidation sites excluding steroid dienone is 1. The van der Waals surface area contributed by atoms with E-state index in [0.29, 0.717) is 18.4 Å². The number of aryl methyl sites for hydroxylation is 2. The fourth-order valence-electron chi connectivity index (χ4n) is 4.62. The van der Waals surface area contributed by atoms with Crippen molar-refractivity contribution in [3.8, 4) is 17.2 Å². The second-order valence-electron chi connectivity index (χ2n) is 9.37. The zero-order chi connectivity index (χ0) is 25.0. The number of hydrogen-bond acceptors (Lipinski definition) is 5. The molecule has 0 spiro atoms. The predicted octanol–water partition coefficient (Wildman–Crippen LogP) is 7.28. The first-order valence-electron chi connectivity index (χ1n) is 12.8. The molecule has 1 saturated carbocycles. The molecule has 5 nitrogen and oxygen atoms in total. The largest absolute Gasteiger partial charge is 0.493 e. The summed E-state index contributed by atoms with van der Waals surface area (Å²) in [5.41, 5.74) is 4.28. The first-order chi connectivity index (χ1) is 17.0. The summed E-state index contributed by atoms with van der Waals surface area (Å²) in [4.78, 5) is 4.93. The fraction of sp³-hybridized carbons (Fsp3) is 0.500. The van der Waals surface area contributed by atoms with Crippen molar-refractivity contribution in [1.29, 1.82) is 0 Å². The monoisotopic (exact) mass is 479 g/mol. The van der Waals surface area contributed by atoms with E-state index in [1.807, 2.05) is 31.2 Å². The zero-order valence-corrected chi connectivity index (χ0v) is 22.0. The molecule has 2 aromatic carbocycles. The van der Waals surface area contributed by atoms with Crippen LogP contribution in [0.3, 0.4) is 0 Å². The molecule has 0 radical (unpaired) electrons. The van der Waals surface area contributed by atoms with Crippen molar-refractivity contribution >= 4 is 5.71 Å². The van der Waals surface area contributed by atoms with Crippen LogP contribution in [0.15, 0.2) is 53.7 Å². The van der Waals surface area contributed by atoms with Gasteiger partial charge in [0.2, 0.25) is 0 Å². The molecule has 0 unspecified atom stereocenters. The van der Waals surface area contributed by atoms with Crippen LogP contribution in [0.1, 0.15) is 62.6 Å². The molecule has 0 amide bonds. The highest BCUT2D eigenvalue weighted by atomic mass is 16.6. The average Bonchev–Trinajstić information content (AvgIpc) is 2.87. The molecule has 0 aliphatic heterocycles. The fourth-order valence-corrected chi connectivity index (χ4v) is 4.62. The molecule has 1 aliphatic carbocycles. The Kier molecular flexibility index (Phi) is 10.5. The lowest BCUT2D eigenvalue weighted by Crippen LogP contribution is -2.23. The van der Waals surface area contributed by atoms with Gasteiger partial charge in [-0.1, -0.05) is 24.2 Å². The Balaban J connectivity index is 1.41. The Morgan fingerprint density at radius 1 is 0.886 bits per heavy atom. The molecule has 3 rings (SSSR count). The molecule has 1 fully saturated rings. The van der Waals surface area contributed by atoms with Crippen LogP contribution in [-0.4, -0.2) is 32.6 Å². The van der Waals surface area contributed by atoms with Crippen LogP contribution >= 0.6 is 0 Å². The van der Waals surface area contributed by atoms with Crippen molar-refractivity contribution in [3.05, 3.63) is 65.2 Å². The molecule has 35 heavy (non-hydrogen) atoms. The Morgan fingerprint density at radius 3 is 2.03 bits per heavy atom. The Hall–Kier alpha value is -2.95. The molecular weight excluding hydrogens is 438 g/mol. The summed E-state index contributed by atoms with van der Waals surface area (Å²) in [6.45, 7) is 10.4. The van der Waals surface area contributed by atoms with Crippen LogP contribution < -0.4 is 14.2 Å². The molecule has 0 aromatic heterocycles. The van der Waals surface area contributed by atoms with Crippen LogP contribution in [0.25, 0.3) is 0 Å². The highest BCUT2D eigenvalue weighted by Gasteiger charge is 2.23. The van der Waals surface area contributed by atoms with Crippen molar-refractivity contribution < 1.29 is 19.0 Å². The second kappa shape index (κ2) is 13.8. The van der Waals surface area contributed by atoms with Gasteiger partial charge in [-0.05, 0) is 118 Å². The maximum atomic E-state index is 6.29. The van der Waals surface area contributed by atoms with Gasteiger partial charge in [0.25, 0.3) is 0 Å². The van der Waals surface area contributed by atoms with Crippen molar-refractivity contribution in [1.82, 2.24) is 0 Å². The highest BCUT2D eigenvalue weighted by Crippen LogP contribution is 2.33. The minimum absolute atomic E-state index is 0.594. The third kappa shape index (κ3) is 8.05. The number of hydrogen-bond donors (Lipinski definition) is 0. The number of nitrogens with zero attached hydrogens (tertiary/aromatic N) is 1. The normalized spacial score (nSPS) is 18.5. The van der Waals surface area contributed by atoms with E-state index in [4.69, 9.17) is 19.0 Å². The summed E-state index contributed by atoms with van der Waals surface area (Å²) in [6.07, 6.45) is 9.57. The Labute approximate surface area is 211 Å². The van der Waals surface area contributed by atoms with Crippen molar-refractivity contribution in [3.63, 3.8) is 0 Å². The average molecular weight is 480 g/mol. The van der Waals surface area contributed by atoms with Crippen LogP contribution in [0.2, 0.25) is 0 Å². The topological polar surface area (TPSA) is 49.3 Å². The lowest BCUT2D eigenvalue weighted by molar-refractivity contribution is 0.147. The summed E-state index contributed by atoms with van der Waals surface area (Å²) in [6, 6.07) is 12.3. The van der Waals surface area contributed by atoms with E-state index in [1.54, 1.807) is 7.11 Å². The van der Waals surface area contributed by atoms with E-state index in [2.05, 4.69) is 50.2 Å². The van der Waals surface area contributed by atoms with Gasteiger partial charge in [0.15, 0.2) is 0 Å². The number of benzene rings is 2.